The first-order valence-electron chi connectivity index (χ1n) is 11.1. The SMILES string of the molecule is COc1cc(CNC2C3CC4CC(C3)CC2C4)c(Br)cc1OCc1ccc(F)cc1. The van der Waals surface area contributed by atoms with Crippen LogP contribution in [0, 0.1) is 29.5 Å². The molecule has 0 spiro atoms. The summed E-state index contributed by atoms with van der Waals surface area (Å²) < 4.78 is 25.7. The highest BCUT2D eigenvalue weighted by molar-refractivity contribution is 9.10. The molecule has 0 radical (unpaired) electrons. The van der Waals surface area contributed by atoms with E-state index >= 15 is 0 Å². The van der Waals surface area contributed by atoms with Crippen LogP contribution in [0.4, 0.5) is 4.39 Å². The predicted octanol–water partition coefficient (Wildman–Crippen LogP) is 6.09. The molecular weight excluding hydrogens is 445 g/mol. The summed E-state index contributed by atoms with van der Waals surface area (Å²) in [5.74, 6) is 4.88. The summed E-state index contributed by atoms with van der Waals surface area (Å²) in [6, 6.07) is 11.1. The van der Waals surface area contributed by atoms with Gasteiger partial charge >= 0.3 is 0 Å². The molecule has 0 aliphatic heterocycles. The van der Waals surface area contributed by atoms with Gasteiger partial charge in [0.05, 0.1) is 7.11 Å². The lowest BCUT2D eigenvalue weighted by atomic mass is 9.54. The van der Waals surface area contributed by atoms with Crippen LogP contribution in [-0.2, 0) is 13.2 Å². The molecule has 0 unspecified atom stereocenters. The van der Waals surface area contributed by atoms with Gasteiger partial charge in [0.2, 0.25) is 0 Å². The fourth-order valence-electron chi connectivity index (χ4n) is 6.21. The lowest BCUT2D eigenvalue weighted by Crippen LogP contribution is -2.54. The Kier molecular flexibility index (Phi) is 5.76. The smallest absolute Gasteiger partial charge is 0.162 e. The van der Waals surface area contributed by atoms with Crippen molar-refractivity contribution in [2.75, 3.05) is 7.11 Å². The summed E-state index contributed by atoms with van der Waals surface area (Å²) in [5, 5.41) is 3.89. The van der Waals surface area contributed by atoms with Gasteiger partial charge in [-0.1, -0.05) is 28.1 Å². The molecule has 0 heterocycles. The van der Waals surface area contributed by atoms with Crippen LogP contribution in [-0.4, -0.2) is 13.2 Å². The van der Waals surface area contributed by atoms with Gasteiger partial charge in [0.15, 0.2) is 11.5 Å². The quantitative estimate of drug-likeness (QED) is 0.527. The van der Waals surface area contributed by atoms with E-state index in [0.29, 0.717) is 18.4 Å². The van der Waals surface area contributed by atoms with E-state index in [1.54, 1.807) is 19.2 Å². The molecule has 30 heavy (non-hydrogen) atoms. The van der Waals surface area contributed by atoms with E-state index in [9.17, 15) is 4.39 Å². The maximum atomic E-state index is 13.1. The Morgan fingerprint density at radius 2 is 1.63 bits per heavy atom. The topological polar surface area (TPSA) is 30.5 Å². The molecule has 4 aliphatic rings. The number of benzene rings is 2. The molecule has 160 valence electrons. The second-order valence-corrected chi connectivity index (χ2v) is 10.2. The van der Waals surface area contributed by atoms with Gasteiger partial charge in [0.1, 0.15) is 12.4 Å². The highest BCUT2D eigenvalue weighted by Crippen LogP contribution is 2.53. The minimum Gasteiger partial charge on any atom is -0.493 e. The van der Waals surface area contributed by atoms with Crippen molar-refractivity contribution >= 4 is 15.9 Å². The molecule has 4 aliphatic carbocycles. The molecule has 1 N–H and O–H groups in total. The van der Waals surface area contributed by atoms with Crippen molar-refractivity contribution in [3.05, 3.63) is 57.8 Å². The Morgan fingerprint density at radius 1 is 0.967 bits per heavy atom. The monoisotopic (exact) mass is 473 g/mol. The first-order valence-corrected chi connectivity index (χ1v) is 11.9. The summed E-state index contributed by atoms with van der Waals surface area (Å²) in [7, 11) is 1.67. The fourth-order valence-corrected chi connectivity index (χ4v) is 6.68. The number of methoxy groups -OCH3 is 1. The molecular formula is C25H29BrFNO2. The Balaban J connectivity index is 1.25. The molecule has 4 bridgehead atoms. The van der Waals surface area contributed by atoms with Gasteiger partial charge in [-0.3, -0.25) is 0 Å². The summed E-state index contributed by atoms with van der Waals surface area (Å²) in [4.78, 5) is 0. The lowest BCUT2D eigenvalue weighted by Gasteiger charge is -2.54. The van der Waals surface area contributed by atoms with Crippen LogP contribution in [0.2, 0.25) is 0 Å². The second-order valence-electron chi connectivity index (χ2n) is 9.35. The summed E-state index contributed by atoms with van der Waals surface area (Å²) in [5.41, 5.74) is 2.11. The zero-order valence-corrected chi connectivity index (χ0v) is 19.0. The molecule has 4 saturated carbocycles. The van der Waals surface area contributed by atoms with Gasteiger partial charge in [-0.15, -0.1) is 0 Å². The van der Waals surface area contributed by atoms with Gasteiger partial charge < -0.3 is 14.8 Å². The normalized spacial score (nSPS) is 29.2. The number of hydrogen-bond acceptors (Lipinski definition) is 3. The van der Waals surface area contributed by atoms with E-state index in [0.717, 1.165) is 46.0 Å². The predicted molar refractivity (Wildman–Crippen MR) is 119 cm³/mol. The molecule has 0 atom stereocenters. The van der Waals surface area contributed by atoms with Crippen molar-refractivity contribution < 1.29 is 13.9 Å². The third-order valence-electron chi connectivity index (χ3n) is 7.40. The van der Waals surface area contributed by atoms with Crippen molar-refractivity contribution in [1.29, 1.82) is 0 Å². The van der Waals surface area contributed by atoms with Crippen LogP contribution in [0.15, 0.2) is 40.9 Å². The van der Waals surface area contributed by atoms with Crippen LogP contribution in [0.1, 0.15) is 43.2 Å². The maximum Gasteiger partial charge on any atom is 0.162 e. The maximum absolute atomic E-state index is 13.1. The summed E-state index contributed by atoms with van der Waals surface area (Å²) in [6.45, 7) is 1.20. The largest absolute Gasteiger partial charge is 0.493 e. The molecule has 0 amide bonds. The molecule has 6 rings (SSSR count). The molecule has 2 aromatic rings. The number of rotatable bonds is 7. The minimum atomic E-state index is -0.241. The number of hydrogen-bond donors (Lipinski definition) is 1. The molecule has 4 fully saturated rings. The van der Waals surface area contributed by atoms with Crippen molar-refractivity contribution in [2.45, 2.75) is 51.3 Å². The van der Waals surface area contributed by atoms with Gasteiger partial charge in [-0.25, -0.2) is 4.39 Å². The Labute approximate surface area is 186 Å². The van der Waals surface area contributed by atoms with Crippen molar-refractivity contribution in [3.63, 3.8) is 0 Å². The second kappa shape index (κ2) is 8.51. The highest BCUT2D eigenvalue weighted by Gasteiger charge is 2.47. The zero-order chi connectivity index (χ0) is 20.7. The zero-order valence-electron chi connectivity index (χ0n) is 17.4. The fraction of sp³-hybridized carbons (Fsp3) is 0.520. The average molecular weight is 474 g/mol. The van der Waals surface area contributed by atoms with Crippen LogP contribution < -0.4 is 14.8 Å². The standard InChI is InChI=1S/C25H29BrFNO2/c1-29-23-11-20(13-28-25-18-7-16-6-17(9-18)10-19(25)8-16)22(26)12-24(23)30-14-15-2-4-21(27)5-3-15/h2-5,11-12,16-19,25,28H,6-10,13-14H2,1H3. The molecule has 3 nitrogen and oxygen atoms in total. The highest BCUT2D eigenvalue weighted by atomic mass is 79.9. The molecule has 0 saturated heterocycles. The van der Waals surface area contributed by atoms with Crippen molar-refractivity contribution in [3.8, 4) is 11.5 Å². The lowest BCUT2D eigenvalue weighted by molar-refractivity contribution is -0.0142. The third-order valence-corrected chi connectivity index (χ3v) is 8.13. The van der Waals surface area contributed by atoms with Crippen LogP contribution >= 0.6 is 15.9 Å². The van der Waals surface area contributed by atoms with E-state index in [1.165, 1.54) is 49.8 Å². The van der Waals surface area contributed by atoms with Gasteiger partial charge in [-0.2, -0.15) is 0 Å². The first-order chi connectivity index (χ1) is 14.6. The molecule has 5 heteroatoms. The van der Waals surface area contributed by atoms with Gasteiger partial charge in [0.25, 0.3) is 0 Å². The first kappa shape index (κ1) is 20.3. The van der Waals surface area contributed by atoms with E-state index in [-0.39, 0.29) is 5.82 Å². The summed E-state index contributed by atoms with van der Waals surface area (Å²) >= 11 is 3.72. The third kappa shape index (κ3) is 4.11. The van der Waals surface area contributed by atoms with E-state index in [4.69, 9.17) is 9.47 Å². The van der Waals surface area contributed by atoms with E-state index in [1.807, 2.05) is 6.07 Å². The summed E-state index contributed by atoms with van der Waals surface area (Å²) in [6.07, 6.45) is 7.18. The number of halogens is 2. The Hall–Kier alpha value is -1.59. The van der Waals surface area contributed by atoms with Crippen molar-refractivity contribution in [2.24, 2.45) is 23.7 Å². The molecule has 0 aromatic heterocycles. The number of ether oxygens (including phenoxy) is 2. The van der Waals surface area contributed by atoms with Gasteiger partial charge in [0, 0.05) is 17.1 Å². The van der Waals surface area contributed by atoms with Gasteiger partial charge in [-0.05, 0) is 91.2 Å². The van der Waals surface area contributed by atoms with Crippen LogP contribution in [0.5, 0.6) is 11.5 Å². The average Bonchev–Trinajstić information content (AvgIpc) is 2.73. The Bertz CT molecular complexity index is 873. The van der Waals surface area contributed by atoms with E-state index in [2.05, 4.69) is 27.3 Å². The number of nitrogens with one attached hydrogen (secondary N) is 1. The van der Waals surface area contributed by atoms with Crippen molar-refractivity contribution in [1.82, 2.24) is 5.32 Å². The minimum absolute atomic E-state index is 0.241. The van der Waals surface area contributed by atoms with Crippen LogP contribution in [0.3, 0.4) is 0 Å². The Morgan fingerprint density at radius 3 is 2.27 bits per heavy atom. The van der Waals surface area contributed by atoms with Crippen LogP contribution in [0.25, 0.3) is 0 Å². The molecule has 2 aromatic carbocycles. The van der Waals surface area contributed by atoms with E-state index < -0.39 is 0 Å².